The molecule has 0 spiro atoms. The van der Waals surface area contributed by atoms with E-state index in [9.17, 15) is 8.78 Å². The molecule has 8 heteroatoms. The van der Waals surface area contributed by atoms with Gasteiger partial charge in [0, 0.05) is 76.4 Å². The van der Waals surface area contributed by atoms with Gasteiger partial charge in [-0.2, -0.15) is 5.10 Å². The smallest absolute Gasteiger partial charge is 0.193 e. The number of benzene rings is 1. The number of nitrogens with zero attached hydrogens (tertiary/aromatic N) is 5. The molecule has 1 fully saturated rings. The molecule has 3 rings (SSSR count). The summed E-state index contributed by atoms with van der Waals surface area (Å²) in [5.74, 6) is -0.103. The minimum atomic E-state index is -0.534. The van der Waals surface area contributed by atoms with Gasteiger partial charge in [0.25, 0.3) is 0 Å². The van der Waals surface area contributed by atoms with Crippen LogP contribution in [0.25, 0.3) is 0 Å². The quantitative estimate of drug-likeness (QED) is 0.438. The summed E-state index contributed by atoms with van der Waals surface area (Å²) in [4.78, 5) is 8.92. The molecule has 158 valence electrons. The predicted octanol–water partition coefficient (Wildman–Crippen LogP) is 2.90. The lowest BCUT2D eigenvalue weighted by Gasteiger charge is -2.40. The number of guanidine groups is 1. The first-order valence-electron chi connectivity index (χ1n) is 10.2. The second-order valence-corrected chi connectivity index (χ2v) is 7.21. The van der Waals surface area contributed by atoms with Gasteiger partial charge in [0.1, 0.15) is 11.6 Å². The third kappa shape index (κ3) is 5.53. The highest BCUT2D eigenvalue weighted by Gasteiger charge is 2.27. The van der Waals surface area contributed by atoms with Gasteiger partial charge < -0.3 is 10.2 Å². The molecule has 1 saturated heterocycles. The minimum absolute atomic E-state index is 0.0400. The van der Waals surface area contributed by atoms with Gasteiger partial charge in [0.2, 0.25) is 0 Å². The van der Waals surface area contributed by atoms with Crippen molar-refractivity contribution in [1.29, 1.82) is 0 Å². The summed E-state index contributed by atoms with van der Waals surface area (Å²) in [6.45, 7) is 6.99. The van der Waals surface area contributed by atoms with Crippen LogP contribution in [0.5, 0.6) is 0 Å². The van der Waals surface area contributed by atoms with Crippen molar-refractivity contribution in [3.05, 3.63) is 53.9 Å². The molecule has 0 aliphatic carbocycles. The first-order valence-corrected chi connectivity index (χ1v) is 10.2. The molecular weight excluding hydrogens is 374 g/mol. The zero-order chi connectivity index (χ0) is 20.6. The van der Waals surface area contributed by atoms with E-state index in [0.717, 1.165) is 64.1 Å². The highest BCUT2D eigenvalue weighted by atomic mass is 19.1. The number of halogens is 2. The number of aryl methyl sites for hydroxylation is 1. The lowest BCUT2D eigenvalue weighted by atomic mass is 10.0. The highest BCUT2D eigenvalue weighted by Crippen LogP contribution is 2.28. The molecule has 1 aromatic carbocycles. The molecule has 1 aliphatic heterocycles. The maximum atomic E-state index is 14.3. The molecule has 1 N–H and O–H groups in total. The van der Waals surface area contributed by atoms with Crippen LogP contribution in [-0.2, 0) is 6.54 Å². The standard InChI is InChI=1S/C21H30F2N6/c1-3-20(18-7-6-17(22)16-19(18)23)27-12-14-28(15-13-27)21(24-2)25-8-4-10-29-11-5-9-26-29/h5-7,9,11,16,20H,3-4,8,10,12-15H2,1-2H3,(H,24,25). The van der Waals surface area contributed by atoms with E-state index in [1.165, 1.54) is 6.07 Å². The van der Waals surface area contributed by atoms with Crippen LogP contribution in [0.3, 0.4) is 0 Å². The third-order valence-corrected chi connectivity index (χ3v) is 5.38. The molecule has 6 nitrogen and oxygen atoms in total. The fourth-order valence-electron chi connectivity index (χ4n) is 3.90. The molecule has 0 bridgehead atoms. The van der Waals surface area contributed by atoms with E-state index < -0.39 is 11.6 Å². The van der Waals surface area contributed by atoms with Gasteiger partial charge in [0.15, 0.2) is 5.96 Å². The average molecular weight is 405 g/mol. The molecule has 1 unspecified atom stereocenters. The zero-order valence-electron chi connectivity index (χ0n) is 17.2. The van der Waals surface area contributed by atoms with E-state index in [0.29, 0.717) is 5.56 Å². The predicted molar refractivity (Wildman–Crippen MR) is 111 cm³/mol. The molecule has 29 heavy (non-hydrogen) atoms. The van der Waals surface area contributed by atoms with Gasteiger partial charge in [-0.05, 0) is 25.0 Å². The number of piperazine rings is 1. The van der Waals surface area contributed by atoms with Crippen LogP contribution < -0.4 is 5.32 Å². The lowest BCUT2D eigenvalue weighted by molar-refractivity contribution is 0.124. The summed E-state index contributed by atoms with van der Waals surface area (Å²) in [5.41, 5.74) is 0.573. The van der Waals surface area contributed by atoms with Crippen LogP contribution in [0, 0.1) is 11.6 Å². The normalized spacial score (nSPS) is 16.8. The molecule has 1 aliphatic rings. The molecule has 2 heterocycles. The fourth-order valence-corrected chi connectivity index (χ4v) is 3.90. The number of nitrogens with one attached hydrogen (secondary N) is 1. The summed E-state index contributed by atoms with van der Waals surface area (Å²) >= 11 is 0. The number of hydrogen-bond donors (Lipinski definition) is 1. The Bertz CT molecular complexity index is 784. The summed E-state index contributed by atoms with van der Waals surface area (Å²) in [6, 6.07) is 5.77. The van der Waals surface area contributed by atoms with E-state index in [4.69, 9.17) is 0 Å². The van der Waals surface area contributed by atoms with Crippen LogP contribution in [0.2, 0.25) is 0 Å². The lowest BCUT2D eigenvalue weighted by Crippen LogP contribution is -2.53. The van der Waals surface area contributed by atoms with Gasteiger partial charge >= 0.3 is 0 Å². The van der Waals surface area contributed by atoms with Crippen molar-refractivity contribution < 1.29 is 8.78 Å². The van der Waals surface area contributed by atoms with E-state index >= 15 is 0 Å². The number of aromatic nitrogens is 2. The van der Waals surface area contributed by atoms with Gasteiger partial charge in [-0.1, -0.05) is 13.0 Å². The van der Waals surface area contributed by atoms with Crippen molar-refractivity contribution in [2.75, 3.05) is 39.8 Å². The van der Waals surface area contributed by atoms with Crippen LogP contribution >= 0.6 is 0 Å². The molecule has 0 amide bonds. The van der Waals surface area contributed by atoms with Gasteiger partial charge in [-0.3, -0.25) is 14.6 Å². The van der Waals surface area contributed by atoms with Gasteiger partial charge in [-0.15, -0.1) is 0 Å². The second kappa shape index (κ2) is 10.3. The van der Waals surface area contributed by atoms with E-state index in [2.05, 4.69) is 25.2 Å². The highest BCUT2D eigenvalue weighted by molar-refractivity contribution is 5.79. The molecule has 0 radical (unpaired) electrons. The van der Waals surface area contributed by atoms with Crippen LogP contribution in [0.1, 0.15) is 31.4 Å². The summed E-state index contributed by atoms with van der Waals surface area (Å²) in [7, 11) is 1.80. The second-order valence-electron chi connectivity index (χ2n) is 7.21. The molecule has 2 aromatic rings. The Kier molecular flexibility index (Phi) is 7.57. The Morgan fingerprint density at radius 3 is 2.66 bits per heavy atom. The number of hydrogen-bond acceptors (Lipinski definition) is 3. The van der Waals surface area contributed by atoms with Crippen LogP contribution in [-0.4, -0.2) is 65.3 Å². The SMILES string of the molecule is CCC(c1ccc(F)cc1F)N1CCN(C(=NC)NCCCn2cccn2)CC1. The van der Waals surface area contributed by atoms with E-state index in [-0.39, 0.29) is 6.04 Å². The van der Waals surface area contributed by atoms with E-state index in [1.807, 2.05) is 23.9 Å². The molecule has 1 atom stereocenters. The number of rotatable bonds is 7. The Labute approximate surface area is 171 Å². The van der Waals surface area contributed by atoms with Crippen molar-refractivity contribution in [2.45, 2.75) is 32.4 Å². The molecule has 1 aromatic heterocycles. The summed E-state index contributed by atoms with van der Waals surface area (Å²) in [5, 5.41) is 7.63. The van der Waals surface area contributed by atoms with Gasteiger partial charge in [-0.25, -0.2) is 8.78 Å². The third-order valence-electron chi connectivity index (χ3n) is 5.38. The van der Waals surface area contributed by atoms with Crippen molar-refractivity contribution in [3.63, 3.8) is 0 Å². The number of aliphatic imine (C=N–C) groups is 1. The first-order chi connectivity index (χ1) is 14.1. The largest absolute Gasteiger partial charge is 0.356 e. The topological polar surface area (TPSA) is 48.7 Å². The monoisotopic (exact) mass is 404 g/mol. The Balaban J connectivity index is 1.50. The molecule has 0 saturated carbocycles. The van der Waals surface area contributed by atoms with Crippen LogP contribution in [0.15, 0.2) is 41.7 Å². The van der Waals surface area contributed by atoms with E-state index in [1.54, 1.807) is 19.3 Å². The van der Waals surface area contributed by atoms with Gasteiger partial charge in [0.05, 0.1) is 0 Å². The molecular formula is C21H30F2N6. The Morgan fingerprint density at radius 1 is 1.24 bits per heavy atom. The van der Waals surface area contributed by atoms with Crippen molar-refractivity contribution in [3.8, 4) is 0 Å². The average Bonchev–Trinajstić information content (AvgIpc) is 3.24. The summed E-state index contributed by atoms with van der Waals surface area (Å²) < 4.78 is 29.4. The summed E-state index contributed by atoms with van der Waals surface area (Å²) in [6.07, 6.45) is 5.49. The Morgan fingerprint density at radius 2 is 2.03 bits per heavy atom. The van der Waals surface area contributed by atoms with Crippen LogP contribution in [0.4, 0.5) is 8.78 Å². The van der Waals surface area contributed by atoms with Crippen molar-refractivity contribution >= 4 is 5.96 Å². The Hall–Kier alpha value is -2.48. The zero-order valence-corrected chi connectivity index (χ0v) is 17.2. The van der Waals surface area contributed by atoms with Crippen molar-refractivity contribution in [2.24, 2.45) is 4.99 Å². The maximum absolute atomic E-state index is 14.3. The maximum Gasteiger partial charge on any atom is 0.193 e. The first kappa shape index (κ1) is 21.2. The fraction of sp³-hybridized carbons (Fsp3) is 0.524. The minimum Gasteiger partial charge on any atom is -0.356 e. The van der Waals surface area contributed by atoms with Crippen molar-refractivity contribution in [1.82, 2.24) is 24.9 Å².